The minimum absolute atomic E-state index is 0.150. The number of rotatable bonds is 6. The summed E-state index contributed by atoms with van der Waals surface area (Å²) in [4.78, 5) is 26.8. The Balaban J connectivity index is 1.82. The molecule has 0 atom stereocenters. The van der Waals surface area contributed by atoms with Gasteiger partial charge in [0, 0.05) is 31.3 Å². The van der Waals surface area contributed by atoms with Crippen LogP contribution in [0.15, 0.2) is 24.3 Å². The minimum atomic E-state index is -0.352. The Bertz CT molecular complexity index is 554. The number of hydrogen-bond donors (Lipinski definition) is 0. The molecule has 1 aromatic carbocycles. The van der Waals surface area contributed by atoms with Crippen LogP contribution in [0.4, 0.5) is 5.69 Å². The van der Waals surface area contributed by atoms with Crippen LogP contribution < -0.4 is 0 Å². The molecule has 0 radical (unpaired) electrons. The molecule has 2 rings (SSSR count). The predicted octanol–water partition coefficient (Wildman–Crippen LogP) is 2.33. The van der Waals surface area contributed by atoms with Crippen molar-refractivity contribution in [2.24, 2.45) is 5.92 Å². The number of amides is 1. The van der Waals surface area contributed by atoms with Crippen molar-refractivity contribution < 1.29 is 9.72 Å². The first-order chi connectivity index (χ1) is 11.0. The van der Waals surface area contributed by atoms with E-state index >= 15 is 0 Å². The number of likely N-dealkylation sites (tertiary alicyclic amines) is 1. The van der Waals surface area contributed by atoms with Gasteiger partial charge in [-0.2, -0.15) is 0 Å². The molecule has 1 fully saturated rings. The van der Waals surface area contributed by atoms with Crippen LogP contribution in [-0.4, -0.2) is 53.9 Å². The lowest BCUT2D eigenvalue weighted by atomic mass is 9.99. The maximum atomic E-state index is 12.3. The highest BCUT2D eigenvalue weighted by Gasteiger charge is 2.21. The predicted molar refractivity (Wildman–Crippen MR) is 89.3 cm³/mol. The molecule has 1 aliphatic rings. The summed E-state index contributed by atoms with van der Waals surface area (Å²) in [6, 6.07) is 6.78. The van der Waals surface area contributed by atoms with Gasteiger partial charge in [-0.25, -0.2) is 0 Å². The molecule has 0 spiro atoms. The molecule has 23 heavy (non-hydrogen) atoms. The van der Waals surface area contributed by atoms with Gasteiger partial charge in [0.1, 0.15) is 0 Å². The lowest BCUT2D eigenvalue weighted by Crippen LogP contribution is -2.43. The van der Waals surface area contributed by atoms with Crippen molar-refractivity contribution in [1.29, 1.82) is 0 Å². The molecule has 6 nitrogen and oxygen atoms in total. The second kappa shape index (κ2) is 8.06. The molecule has 0 N–H and O–H groups in total. The Morgan fingerprint density at radius 3 is 2.65 bits per heavy atom. The summed E-state index contributed by atoms with van der Waals surface area (Å²) in [5.74, 6) is 0.859. The first kappa shape index (κ1) is 17.4. The molecule has 1 aromatic rings. The number of likely N-dealkylation sites (N-methyl/N-ethyl adjacent to an activating group) is 1. The summed E-state index contributed by atoms with van der Waals surface area (Å²) >= 11 is 0. The van der Waals surface area contributed by atoms with Crippen LogP contribution in [0.2, 0.25) is 0 Å². The van der Waals surface area contributed by atoms with Crippen molar-refractivity contribution in [3.8, 4) is 0 Å². The number of hydrogen-bond acceptors (Lipinski definition) is 4. The van der Waals surface area contributed by atoms with Gasteiger partial charge in [0.05, 0.1) is 11.5 Å². The van der Waals surface area contributed by atoms with Gasteiger partial charge in [0.2, 0.25) is 5.91 Å². The fraction of sp³-hybridized carbons (Fsp3) is 0.588. The van der Waals surface area contributed by atoms with E-state index in [-0.39, 0.29) is 16.5 Å². The third-order valence-electron chi connectivity index (χ3n) is 4.49. The van der Waals surface area contributed by atoms with Gasteiger partial charge in [-0.15, -0.1) is 0 Å². The molecule has 1 aliphatic heterocycles. The third-order valence-corrected chi connectivity index (χ3v) is 4.49. The summed E-state index contributed by atoms with van der Waals surface area (Å²) in [5, 5.41) is 11.0. The number of para-hydroxylation sites is 1. The summed E-state index contributed by atoms with van der Waals surface area (Å²) < 4.78 is 0. The van der Waals surface area contributed by atoms with E-state index in [1.54, 1.807) is 12.1 Å². The van der Waals surface area contributed by atoms with E-state index in [0.29, 0.717) is 31.0 Å². The second-order valence-corrected chi connectivity index (χ2v) is 6.44. The fourth-order valence-electron chi connectivity index (χ4n) is 2.88. The molecular formula is C17H25N3O3. The number of piperidine rings is 1. The minimum Gasteiger partial charge on any atom is -0.342 e. The van der Waals surface area contributed by atoms with Crippen molar-refractivity contribution in [2.75, 3.05) is 33.2 Å². The quantitative estimate of drug-likeness (QED) is 0.596. The Labute approximate surface area is 137 Å². The van der Waals surface area contributed by atoms with Gasteiger partial charge in [0.25, 0.3) is 5.69 Å². The summed E-state index contributed by atoms with van der Waals surface area (Å²) in [7, 11) is 1.89. The van der Waals surface area contributed by atoms with Crippen molar-refractivity contribution in [2.45, 2.75) is 26.2 Å². The fourth-order valence-corrected chi connectivity index (χ4v) is 2.88. The van der Waals surface area contributed by atoms with Gasteiger partial charge in [0.15, 0.2) is 0 Å². The highest BCUT2D eigenvalue weighted by Crippen LogP contribution is 2.18. The van der Waals surface area contributed by atoms with Gasteiger partial charge < -0.3 is 4.90 Å². The molecule has 6 heteroatoms. The molecule has 1 amide bonds. The normalized spacial score (nSPS) is 15.9. The van der Waals surface area contributed by atoms with E-state index in [2.05, 4.69) is 6.92 Å². The molecule has 126 valence electrons. The number of carbonyl (C=O) groups is 1. The first-order valence-electron chi connectivity index (χ1n) is 8.16. The van der Waals surface area contributed by atoms with Crippen molar-refractivity contribution >= 4 is 11.6 Å². The van der Waals surface area contributed by atoms with Crippen LogP contribution in [0.1, 0.15) is 25.3 Å². The lowest BCUT2D eigenvalue weighted by Gasteiger charge is -2.31. The Morgan fingerprint density at radius 2 is 2.00 bits per heavy atom. The van der Waals surface area contributed by atoms with Gasteiger partial charge in [-0.05, 0) is 32.2 Å². The van der Waals surface area contributed by atoms with Crippen LogP contribution >= 0.6 is 0 Å². The van der Waals surface area contributed by atoms with Gasteiger partial charge in [-0.3, -0.25) is 19.8 Å². The van der Waals surface area contributed by atoms with Crippen molar-refractivity contribution in [1.82, 2.24) is 9.80 Å². The molecule has 0 bridgehead atoms. The van der Waals surface area contributed by atoms with Gasteiger partial charge >= 0.3 is 0 Å². The molecule has 0 aromatic heterocycles. The SMILES string of the molecule is CC1CCN(C(=O)CN(C)CCc2ccccc2[N+](=O)[O-])CC1. The van der Waals surface area contributed by atoms with Crippen molar-refractivity contribution in [3.05, 3.63) is 39.9 Å². The molecule has 0 saturated carbocycles. The maximum absolute atomic E-state index is 12.3. The average Bonchev–Trinajstić information content (AvgIpc) is 2.53. The zero-order chi connectivity index (χ0) is 16.8. The number of nitrogens with zero attached hydrogens (tertiary/aromatic N) is 3. The highest BCUT2D eigenvalue weighted by molar-refractivity contribution is 5.78. The standard InChI is InChI=1S/C17H25N3O3/c1-14-7-11-19(12-8-14)17(21)13-18(2)10-9-15-5-3-4-6-16(15)20(22)23/h3-6,14H,7-13H2,1-2H3. The maximum Gasteiger partial charge on any atom is 0.272 e. The first-order valence-corrected chi connectivity index (χ1v) is 8.16. The van der Waals surface area contributed by atoms with E-state index in [4.69, 9.17) is 0 Å². The summed E-state index contributed by atoms with van der Waals surface area (Å²) in [5.41, 5.74) is 0.862. The molecule has 0 unspecified atom stereocenters. The average molecular weight is 319 g/mol. The van der Waals surface area contributed by atoms with E-state index < -0.39 is 0 Å². The monoisotopic (exact) mass is 319 g/mol. The summed E-state index contributed by atoms with van der Waals surface area (Å²) in [6.07, 6.45) is 2.72. The van der Waals surface area contributed by atoms with Crippen LogP contribution in [0.25, 0.3) is 0 Å². The Kier molecular flexibility index (Phi) is 6.10. The van der Waals surface area contributed by atoms with Crippen molar-refractivity contribution in [3.63, 3.8) is 0 Å². The smallest absolute Gasteiger partial charge is 0.272 e. The zero-order valence-electron chi connectivity index (χ0n) is 13.9. The molecular weight excluding hydrogens is 294 g/mol. The molecule has 1 heterocycles. The molecule has 1 saturated heterocycles. The number of nitro benzene ring substituents is 1. The van der Waals surface area contributed by atoms with Gasteiger partial charge in [-0.1, -0.05) is 25.1 Å². The number of carbonyl (C=O) groups excluding carboxylic acids is 1. The zero-order valence-corrected chi connectivity index (χ0v) is 13.9. The third kappa shape index (κ3) is 5.03. The van der Waals surface area contributed by atoms with Crippen LogP contribution in [-0.2, 0) is 11.2 Å². The largest absolute Gasteiger partial charge is 0.342 e. The number of benzene rings is 1. The van der Waals surface area contributed by atoms with E-state index in [1.807, 2.05) is 22.9 Å². The van der Waals surface area contributed by atoms with Crippen LogP contribution in [0, 0.1) is 16.0 Å². The number of nitro groups is 1. The topological polar surface area (TPSA) is 66.7 Å². The van der Waals surface area contributed by atoms with E-state index in [9.17, 15) is 14.9 Å². The summed E-state index contributed by atoms with van der Waals surface area (Å²) in [6.45, 7) is 4.91. The Hall–Kier alpha value is -1.95. The second-order valence-electron chi connectivity index (χ2n) is 6.44. The Morgan fingerprint density at radius 1 is 1.35 bits per heavy atom. The van der Waals surface area contributed by atoms with Crippen LogP contribution in [0.3, 0.4) is 0 Å². The van der Waals surface area contributed by atoms with E-state index in [0.717, 1.165) is 25.9 Å². The van der Waals surface area contributed by atoms with E-state index in [1.165, 1.54) is 6.07 Å². The lowest BCUT2D eigenvalue weighted by molar-refractivity contribution is -0.385. The van der Waals surface area contributed by atoms with Crippen LogP contribution in [0.5, 0.6) is 0 Å². The molecule has 0 aliphatic carbocycles. The highest BCUT2D eigenvalue weighted by atomic mass is 16.6.